The second-order valence-corrected chi connectivity index (χ2v) is 8.53. The van der Waals surface area contributed by atoms with Gasteiger partial charge in [0, 0.05) is 22.4 Å². The molecule has 196 valence electrons. The van der Waals surface area contributed by atoms with Gasteiger partial charge in [0.15, 0.2) is 0 Å². The highest BCUT2D eigenvalue weighted by Crippen LogP contribution is 2.10. The van der Waals surface area contributed by atoms with Crippen LogP contribution in [0.5, 0.6) is 0 Å². The fourth-order valence-corrected chi connectivity index (χ4v) is 3.47. The van der Waals surface area contributed by atoms with Gasteiger partial charge in [-0.3, -0.25) is 19.6 Å². The highest BCUT2D eigenvalue weighted by atomic mass is 16.5. The molecule has 0 unspecified atom stereocenters. The van der Waals surface area contributed by atoms with Crippen LogP contribution < -0.4 is 21.4 Å². The molecule has 0 aliphatic heterocycles. The van der Waals surface area contributed by atoms with Gasteiger partial charge in [0.2, 0.25) is 5.91 Å². The van der Waals surface area contributed by atoms with Crippen molar-refractivity contribution in [3.05, 3.63) is 101 Å². The molecule has 0 aliphatic carbocycles. The molecule has 3 rings (SSSR count). The van der Waals surface area contributed by atoms with Crippen LogP contribution in [0, 0.1) is 11.8 Å². The van der Waals surface area contributed by atoms with Gasteiger partial charge in [0.05, 0.1) is 12.6 Å². The highest BCUT2D eigenvalue weighted by Gasteiger charge is 2.25. The Morgan fingerprint density at radius 2 is 1.47 bits per heavy atom. The van der Waals surface area contributed by atoms with Gasteiger partial charge < -0.3 is 21.1 Å². The monoisotopic (exact) mass is 514 g/mol. The Morgan fingerprint density at radius 1 is 0.868 bits per heavy atom. The Balaban J connectivity index is 1.47. The van der Waals surface area contributed by atoms with Gasteiger partial charge in [-0.25, -0.2) is 5.48 Å². The third-order valence-electron chi connectivity index (χ3n) is 5.55. The van der Waals surface area contributed by atoms with Crippen molar-refractivity contribution in [2.45, 2.75) is 25.5 Å². The first-order valence-corrected chi connectivity index (χ1v) is 12.0. The van der Waals surface area contributed by atoms with E-state index in [1.165, 1.54) is 18.0 Å². The van der Waals surface area contributed by atoms with Crippen molar-refractivity contribution in [2.24, 2.45) is 0 Å². The molecule has 0 fully saturated rings. The number of nitrogens with one attached hydrogen (secondary N) is 4. The van der Waals surface area contributed by atoms with E-state index in [9.17, 15) is 19.5 Å². The molecule has 0 saturated carbocycles. The first-order chi connectivity index (χ1) is 18.4. The van der Waals surface area contributed by atoms with E-state index in [0.717, 1.165) is 12.0 Å². The number of rotatable bonds is 10. The molecule has 9 nitrogen and oxygen atoms in total. The topological polar surface area (TPSA) is 140 Å². The fourth-order valence-electron chi connectivity index (χ4n) is 3.47. The van der Waals surface area contributed by atoms with E-state index in [4.69, 9.17) is 5.21 Å². The fraction of sp³-hybridized carbons (Fsp3) is 0.207. The largest absolute Gasteiger partial charge is 0.391 e. The maximum atomic E-state index is 12.4. The molecule has 3 amide bonds. The predicted molar refractivity (Wildman–Crippen MR) is 143 cm³/mol. The number of amides is 3. The second kappa shape index (κ2) is 14.3. The molecule has 9 heteroatoms. The third kappa shape index (κ3) is 8.87. The van der Waals surface area contributed by atoms with Crippen molar-refractivity contribution < 1.29 is 24.7 Å². The van der Waals surface area contributed by atoms with Gasteiger partial charge in [-0.1, -0.05) is 42.2 Å². The normalized spacial score (nSPS) is 11.9. The minimum absolute atomic E-state index is 0.127. The first kappa shape index (κ1) is 28.1. The molecular weight excluding hydrogens is 484 g/mol. The molecule has 0 spiro atoms. The Hall–Kier alpha value is -4.49. The molecule has 2 atom stereocenters. The van der Waals surface area contributed by atoms with Crippen LogP contribution in [-0.4, -0.2) is 53.3 Å². The van der Waals surface area contributed by atoms with E-state index >= 15 is 0 Å². The quantitative estimate of drug-likeness (QED) is 0.106. The number of hydrogen-bond donors (Lipinski definition) is 6. The number of carbonyl (C=O) groups excluding carboxylic acids is 3. The molecule has 0 saturated heterocycles. The Morgan fingerprint density at radius 3 is 2.05 bits per heavy atom. The Bertz CT molecular complexity index is 1280. The molecule has 6 N–H and O–H groups in total. The van der Waals surface area contributed by atoms with E-state index in [-0.39, 0.29) is 18.0 Å². The summed E-state index contributed by atoms with van der Waals surface area (Å²) in [5.41, 5.74) is 4.99. The summed E-state index contributed by atoms with van der Waals surface area (Å²) in [6.45, 7) is 2.25. The van der Waals surface area contributed by atoms with Crippen LogP contribution in [0.3, 0.4) is 0 Å². The lowest BCUT2D eigenvalue weighted by Gasteiger charge is -2.19. The van der Waals surface area contributed by atoms with Crippen LogP contribution in [0.15, 0.2) is 78.9 Å². The zero-order valence-corrected chi connectivity index (χ0v) is 20.9. The number of carbonyl (C=O) groups is 3. The predicted octanol–water partition coefficient (Wildman–Crippen LogP) is 1.84. The zero-order valence-electron chi connectivity index (χ0n) is 20.9. The smallest absolute Gasteiger partial charge is 0.268 e. The summed E-state index contributed by atoms with van der Waals surface area (Å²) in [7, 11) is 0. The minimum Gasteiger partial charge on any atom is -0.391 e. The van der Waals surface area contributed by atoms with Gasteiger partial charge >= 0.3 is 0 Å². The molecule has 0 aliphatic rings. The number of hydrogen-bond acceptors (Lipinski definition) is 6. The van der Waals surface area contributed by atoms with Crippen LogP contribution in [-0.2, 0) is 16.0 Å². The van der Waals surface area contributed by atoms with Gasteiger partial charge in [-0.2, -0.15) is 0 Å². The van der Waals surface area contributed by atoms with E-state index in [1.807, 2.05) is 18.2 Å². The van der Waals surface area contributed by atoms with Crippen molar-refractivity contribution in [3.8, 4) is 11.8 Å². The van der Waals surface area contributed by atoms with Crippen molar-refractivity contribution in [3.63, 3.8) is 0 Å². The molecule has 0 bridgehead atoms. The summed E-state index contributed by atoms with van der Waals surface area (Å²) in [4.78, 5) is 36.1. The van der Waals surface area contributed by atoms with Gasteiger partial charge in [-0.05, 0) is 74.0 Å². The third-order valence-corrected chi connectivity index (χ3v) is 5.55. The van der Waals surface area contributed by atoms with Gasteiger partial charge in [-0.15, -0.1) is 0 Å². The number of anilines is 1. The molecule has 3 aromatic rings. The maximum Gasteiger partial charge on any atom is 0.268 e. The van der Waals surface area contributed by atoms with Crippen LogP contribution >= 0.6 is 0 Å². The van der Waals surface area contributed by atoms with Crippen molar-refractivity contribution in [1.82, 2.24) is 16.1 Å². The average Bonchev–Trinajstić information content (AvgIpc) is 2.94. The number of hydroxylamine groups is 1. The van der Waals surface area contributed by atoms with Gasteiger partial charge in [0.25, 0.3) is 11.8 Å². The molecule has 3 aromatic carbocycles. The lowest BCUT2D eigenvalue weighted by atomic mass is 10.1. The van der Waals surface area contributed by atoms with Crippen molar-refractivity contribution in [2.75, 3.05) is 18.4 Å². The summed E-state index contributed by atoms with van der Waals surface area (Å²) < 4.78 is 0. The SMILES string of the molecule is C[C@@H](O)[C@H](NC(=O)c1ccc(C#Cc2ccc(NC(=O)CNCCc3ccccc3)cc2)cc1)C(=O)NO. The van der Waals surface area contributed by atoms with E-state index in [1.54, 1.807) is 48.5 Å². The number of aliphatic hydroxyl groups excluding tert-OH is 1. The summed E-state index contributed by atoms with van der Waals surface area (Å²) in [6.07, 6.45) is -0.345. The van der Waals surface area contributed by atoms with E-state index in [2.05, 4.69) is 39.9 Å². The Labute approximate surface area is 221 Å². The minimum atomic E-state index is -1.30. The zero-order chi connectivity index (χ0) is 27.3. The number of benzene rings is 3. The first-order valence-electron chi connectivity index (χ1n) is 12.0. The standard InChI is InChI=1S/C29H30N4O5/c1-20(34)27(29(37)33-38)32-28(36)24-13-9-22(10-14-24)7-8-23-11-15-25(16-12-23)31-26(35)19-30-18-17-21-5-3-2-4-6-21/h2-6,9-16,20,27,30,34,38H,17-19H2,1H3,(H,31,35)(H,32,36)(H,33,37)/t20-,27+/m1/s1. The average molecular weight is 515 g/mol. The summed E-state index contributed by atoms with van der Waals surface area (Å²) in [6, 6.07) is 22.3. The lowest BCUT2D eigenvalue weighted by Crippen LogP contribution is -2.51. The molecular formula is C29H30N4O5. The summed E-state index contributed by atoms with van der Waals surface area (Å²) in [5, 5.41) is 26.8. The molecule has 0 radical (unpaired) electrons. The Kier molecular flexibility index (Phi) is 10.6. The van der Waals surface area contributed by atoms with Crippen LogP contribution in [0.4, 0.5) is 5.69 Å². The molecule has 0 heterocycles. The lowest BCUT2D eigenvalue weighted by molar-refractivity contribution is -0.133. The van der Waals surface area contributed by atoms with Crippen molar-refractivity contribution >= 4 is 23.4 Å². The van der Waals surface area contributed by atoms with Gasteiger partial charge in [0.1, 0.15) is 6.04 Å². The second-order valence-electron chi connectivity index (χ2n) is 8.53. The highest BCUT2D eigenvalue weighted by molar-refractivity contribution is 5.97. The van der Waals surface area contributed by atoms with Crippen LogP contribution in [0.1, 0.15) is 34.0 Å². The molecule has 38 heavy (non-hydrogen) atoms. The van der Waals surface area contributed by atoms with Crippen molar-refractivity contribution in [1.29, 1.82) is 0 Å². The molecule has 0 aromatic heterocycles. The van der Waals surface area contributed by atoms with Crippen LogP contribution in [0.25, 0.3) is 0 Å². The maximum absolute atomic E-state index is 12.4. The van der Waals surface area contributed by atoms with Crippen LogP contribution in [0.2, 0.25) is 0 Å². The number of aliphatic hydroxyl groups is 1. The summed E-state index contributed by atoms with van der Waals surface area (Å²) in [5.74, 6) is 4.41. The van der Waals surface area contributed by atoms with E-state index in [0.29, 0.717) is 17.8 Å². The summed E-state index contributed by atoms with van der Waals surface area (Å²) >= 11 is 0. The van der Waals surface area contributed by atoms with E-state index < -0.39 is 24.0 Å².